The molecule has 0 saturated carbocycles. The quantitative estimate of drug-likeness (QED) is 0.135. The summed E-state index contributed by atoms with van der Waals surface area (Å²) in [5, 5.41) is 16.2. The van der Waals surface area contributed by atoms with Crippen LogP contribution in [0.5, 0.6) is 0 Å². The number of nitrogens with one attached hydrogen (secondary N) is 1. The Morgan fingerprint density at radius 1 is 0.659 bits per heavy atom. The van der Waals surface area contributed by atoms with Gasteiger partial charge in [-0.25, -0.2) is 0 Å². The van der Waals surface area contributed by atoms with Crippen LogP contribution in [-0.2, 0) is 23.1 Å². The van der Waals surface area contributed by atoms with Crippen LogP contribution in [0, 0.1) is 12.3 Å². The van der Waals surface area contributed by atoms with Gasteiger partial charge in [-0.05, 0) is 77.6 Å². The van der Waals surface area contributed by atoms with Crippen LogP contribution in [0.3, 0.4) is 0 Å². The third-order valence-electron chi connectivity index (χ3n) is 8.54. The standard InChI is InChI=1S/C38H33NO.C2H4O2/c1-27-12-8-9-17-31(27)36(39)37(40)30-20-21-33-32-18-10-11-19-34(32)38(35(33)26-30,24-22-28-13-4-2-5-14-28)25-23-29-15-6-3-7-16-29;1-2(3)4/h2-21,26,39H,22-25H2,1H3;1H3,(H,3,4). The van der Waals surface area contributed by atoms with E-state index >= 15 is 0 Å². The largest absolute Gasteiger partial charge is 0.481 e. The first-order valence-electron chi connectivity index (χ1n) is 15.0. The van der Waals surface area contributed by atoms with Crippen molar-refractivity contribution in [2.24, 2.45) is 0 Å². The maximum atomic E-state index is 13.7. The fourth-order valence-electron chi connectivity index (χ4n) is 6.39. The van der Waals surface area contributed by atoms with Crippen molar-refractivity contribution in [1.29, 1.82) is 5.41 Å². The molecule has 220 valence electrons. The first kappa shape index (κ1) is 30.4. The number of carbonyl (C=O) groups excluding carboxylic acids is 1. The molecule has 4 heteroatoms. The minimum absolute atomic E-state index is 0.0488. The van der Waals surface area contributed by atoms with Gasteiger partial charge in [0.05, 0.1) is 0 Å². The van der Waals surface area contributed by atoms with Crippen molar-refractivity contribution in [2.75, 3.05) is 0 Å². The lowest BCUT2D eigenvalue weighted by molar-refractivity contribution is -0.134. The van der Waals surface area contributed by atoms with Crippen molar-refractivity contribution >= 4 is 17.5 Å². The number of hydrogen-bond acceptors (Lipinski definition) is 3. The number of aryl methyl sites for hydroxylation is 3. The minimum atomic E-state index is -0.833. The second-order valence-corrected chi connectivity index (χ2v) is 11.4. The third kappa shape index (κ3) is 6.45. The molecule has 0 atom stereocenters. The van der Waals surface area contributed by atoms with Crippen molar-refractivity contribution in [3.63, 3.8) is 0 Å². The van der Waals surface area contributed by atoms with Crippen molar-refractivity contribution in [1.82, 2.24) is 0 Å². The Labute approximate surface area is 259 Å². The summed E-state index contributed by atoms with van der Waals surface area (Å²) in [4.78, 5) is 22.7. The maximum Gasteiger partial charge on any atom is 0.300 e. The average Bonchev–Trinajstić information content (AvgIpc) is 3.32. The first-order valence-corrected chi connectivity index (χ1v) is 15.0. The summed E-state index contributed by atoms with van der Waals surface area (Å²) in [7, 11) is 0. The molecule has 0 heterocycles. The van der Waals surface area contributed by atoms with E-state index in [1.807, 2.05) is 37.3 Å². The molecule has 6 rings (SSSR count). The summed E-state index contributed by atoms with van der Waals surface area (Å²) >= 11 is 0. The fraction of sp³-hybridized carbons (Fsp3) is 0.175. The van der Waals surface area contributed by atoms with Gasteiger partial charge < -0.3 is 5.11 Å². The molecule has 0 amide bonds. The van der Waals surface area contributed by atoms with Crippen molar-refractivity contribution in [3.05, 3.63) is 166 Å². The lowest BCUT2D eigenvalue weighted by atomic mass is 9.70. The summed E-state index contributed by atoms with van der Waals surface area (Å²) in [6, 6.07) is 43.9. The highest BCUT2D eigenvalue weighted by atomic mass is 16.4. The number of benzene rings is 5. The molecule has 5 aromatic carbocycles. The summed E-state index contributed by atoms with van der Waals surface area (Å²) < 4.78 is 0. The number of fused-ring (bicyclic) bond motifs is 3. The van der Waals surface area contributed by atoms with Gasteiger partial charge in [0.1, 0.15) is 5.71 Å². The van der Waals surface area contributed by atoms with Gasteiger partial charge in [0.25, 0.3) is 5.97 Å². The zero-order chi connectivity index (χ0) is 31.1. The lowest BCUT2D eigenvalue weighted by Gasteiger charge is -2.33. The van der Waals surface area contributed by atoms with E-state index in [-0.39, 0.29) is 16.9 Å². The predicted octanol–water partition coefficient (Wildman–Crippen LogP) is 8.87. The van der Waals surface area contributed by atoms with Crippen LogP contribution in [-0.4, -0.2) is 22.6 Å². The number of carboxylic acid groups (broad SMARTS) is 1. The molecule has 2 N–H and O–H groups in total. The van der Waals surface area contributed by atoms with Gasteiger partial charge in [-0.1, -0.05) is 121 Å². The first-order chi connectivity index (χ1) is 21.3. The van der Waals surface area contributed by atoms with Crippen LogP contribution < -0.4 is 0 Å². The Balaban J connectivity index is 0.000000906. The Morgan fingerprint density at radius 2 is 1.16 bits per heavy atom. The van der Waals surface area contributed by atoms with Crippen molar-refractivity contribution in [2.45, 2.75) is 44.9 Å². The molecule has 0 fully saturated rings. The smallest absolute Gasteiger partial charge is 0.300 e. The molecule has 0 bridgehead atoms. The minimum Gasteiger partial charge on any atom is -0.481 e. The highest BCUT2D eigenvalue weighted by molar-refractivity contribution is 6.50. The maximum absolute atomic E-state index is 13.7. The number of carboxylic acids is 1. The summed E-state index contributed by atoms with van der Waals surface area (Å²) in [5.74, 6) is -1.06. The zero-order valence-corrected chi connectivity index (χ0v) is 25.2. The second-order valence-electron chi connectivity index (χ2n) is 11.4. The second kappa shape index (κ2) is 13.5. The molecule has 44 heavy (non-hydrogen) atoms. The number of carbonyl (C=O) groups is 2. The molecule has 1 aliphatic rings. The van der Waals surface area contributed by atoms with Gasteiger partial charge in [-0.2, -0.15) is 0 Å². The van der Waals surface area contributed by atoms with E-state index < -0.39 is 5.97 Å². The highest BCUT2D eigenvalue weighted by Crippen LogP contribution is 2.53. The molecule has 0 aromatic heterocycles. The van der Waals surface area contributed by atoms with Crippen molar-refractivity contribution in [3.8, 4) is 11.1 Å². The van der Waals surface area contributed by atoms with Crippen LogP contribution in [0.1, 0.15) is 63.5 Å². The van der Waals surface area contributed by atoms with Crippen molar-refractivity contribution < 1.29 is 14.7 Å². The number of aliphatic carboxylic acids is 1. The van der Waals surface area contributed by atoms with Gasteiger partial charge >= 0.3 is 0 Å². The van der Waals surface area contributed by atoms with E-state index in [4.69, 9.17) is 15.3 Å². The van der Waals surface area contributed by atoms with Crippen LogP contribution in [0.25, 0.3) is 11.1 Å². The van der Waals surface area contributed by atoms with Gasteiger partial charge in [-0.3, -0.25) is 15.0 Å². The molecule has 1 aliphatic carbocycles. The molecule has 0 spiro atoms. The molecule has 0 unspecified atom stereocenters. The van der Waals surface area contributed by atoms with Gasteiger partial charge in [0.15, 0.2) is 0 Å². The van der Waals surface area contributed by atoms with Crippen LogP contribution >= 0.6 is 0 Å². The Morgan fingerprint density at radius 3 is 1.75 bits per heavy atom. The summed E-state index contributed by atoms with van der Waals surface area (Å²) in [5.41, 5.74) is 9.68. The Hall–Kier alpha value is -5.09. The number of hydrogen-bond donors (Lipinski definition) is 2. The van der Waals surface area contributed by atoms with E-state index in [2.05, 4.69) is 97.1 Å². The molecular formula is C40H37NO3. The molecule has 4 nitrogen and oxygen atoms in total. The van der Waals surface area contributed by atoms with Gasteiger partial charge in [0.2, 0.25) is 5.78 Å². The monoisotopic (exact) mass is 579 g/mol. The third-order valence-corrected chi connectivity index (χ3v) is 8.54. The fourth-order valence-corrected chi connectivity index (χ4v) is 6.39. The van der Waals surface area contributed by atoms with E-state index in [1.165, 1.54) is 33.4 Å². The van der Waals surface area contributed by atoms with Crippen LogP contribution in [0.2, 0.25) is 0 Å². The Kier molecular flexibility index (Phi) is 9.30. The molecular weight excluding hydrogens is 542 g/mol. The normalized spacial score (nSPS) is 12.3. The summed E-state index contributed by atoms with van der Waals surface area (Å²) in [6.07, 6.45) is 3.78. The van der Waals surface area contributed by atoms with E-state index in [1.54, 1.807) is 0 Å². The predicted molar refractivity (Wildman–Crippen MR) is 178 cm³/mol. The van der Waals surface area contributed by atoms with Gasteiger partial charge in [-0.15, -0.1) is 0 Å². The molecule has 0 radical (unpaired) electrons. The molecule has 0 aliphatic heterocycles. The SMILES string of the molecule is CC(=O)O.Cc1ccccc1C(=N)C(=O)c1ccc2c(c1)C(CCc1ccccc1)(CCc1ccccc1)c1ccccc1-2. The average molecular weight is 580 g/mol. The topological polar surface area (TPSA) is 78.2 Å². The number of ketones is 1. The molecule has 5 aromatic rings. The molecule has 0 saturated heterocycles. The summed E-state index contributed by atoms with van der Waals surface area (Å²) in [6.45, 7) is 3.04. The van der Waals surface area contributed by atoms with Crippen LogP contribution in [0.4, 0.5) is 0 Å². The van der Waals surface area contributed by atoms with Gasteiger partial charge in [0, 0.05) is 23.5 Å². The van der Waals surface area contributed by atoms with E-state index in [9.17, 15) is 4.79 Å². The van der Waals surface area contributed by atoms with E-state index in [0.717, 1.165) is 38.2 Å². The van der Waals surface area contributed by atoms with E-state index in [0.29, 0.717) is 11.1 Å². The zero-order valence-electron chi connectivity index (χ0n) is 25.2. The highest BCUT2D eigenvalue weighted by Gasteiger charge is 2.42. The Bertz CT molecular complexity index is 1740. The lowest BCUT2D eigenvalue weighted by Crippen LogP contribution is -2.28. The number of rotatable bonds is 9. The van der Waals surface area contributed by atoms with Crippen LogP contribution in [0.15, 0.2) is 127 Å². The number of Topliss-reactive ketones (excluding diaryl/α,β-unsaturated/α-hetero) is 1.